The monoisotopic (exact) mass is 290 g/mol. The van der Waals surface area contributed by atoms with Gasteiger partial charge in [-0.05, 0) is 30.4 Å². The normalized spacial score (nSPS) is 16.9. The number of fused-ring (bicyclic) bond motifs is 1. The van der Waals surface area contributed by atoms with Gasteiger partial charge in [0.05, 0.1) is 6.54 Å². The van der Waals surface area contributed by atoms with Crippen molar-refractivity contribution in [3.63, 3.8) is 0 Å². The van der Waals surface area contributed by atoms with Crippen LogP contribution in [0.3, 0.4) is 0 Å². The van der Waals surface area contributed by atoms with Crippen molar-refractivity contribution in [3.8, 4) is 0 Å². The Kier molecular flexibility index (Phi) is 4.57. The molecule has 112 valence electrons. The number of carbonyl (C=O) groups excluding carboxylic acids is 2. The maximum Gasteiger partial charge on any atom is 0.323 e. The van der Waals surface area contributed by atoms with Crippen molar-refractivity contribution in [1.29, 1.82) is 0 Å². The average molecular weight is 290 g/mol. The van der Waals surface area contributed by atoms with E-state index in [0.717, 1.165) is 16.9 Å². The van der Waals surface area contributed by atoms with E-state index >= 15 is 0 Å². The van der Waals surface area contributed by atoms with Gasteiger partial charge in [0, 0.05) is 5.92 Å². The first-order chi connectivity index (χ1) is 9.97. The van der Waals surface area contributed by atoms with Gasteiger partial charge in [0.25, 0.3) is 0 Å². The Labute approximate surface area is 122 Å². The maximum atomic E-state index is 12.4. The first-order valence-electron chi connectivity index (χ1n) is 6.83. The van der Waals surface area contributed by atoms with Gasteiger partial charge in [0.15, 0.2) is 0 Å². The second-order valence-corrected chi connectivity index (χ2v) is 5.26. The summed E-state index contributed by atoms with van der Waals surface area (Å²) in [7, 11) is 0. The molecule has 1 aliphatic rings. The van der Waals surface area contributed by atoms with Gasteiger partial charge in [-0.2, -0.15) is 0 Å². The van der Waals surface area contributed by atoms with Crippen LogP contribution in [0.25, 0.3) is 0 Å². The number of nitrogens with two attached hydrogens (primary N) is 1. The molecule has 2 amide bonds. The number of benzene rings is 1. The number of aryl methyl sites for hydroxylation is 1. The molecule has 3 N–H and O–H groups in total. The van der Waals surface area contributed by atoms with E-state index in [2.05, 4.69) is 0 Å². The Bertz CT molecular complexity index is 555. The van der Waals surface area contributed by atoms with E-state index in [1.165, 1.54) is 5.56 Å². The summed E-state index contributed by atoms with van der Waals surface area (Å²) in [5.74, 6) is -2.47. The molecule has 0 heterocycles. The third-order valence-corrected chi connectivity index (χ3v) is 3.68. The number of aliphatic carboxylic acids is 1. The number of carbonyl (C=O) groups is 3. The second kappa shape index (κ2) is 6.39. The smallest absolute Gasteiger partial charge is 0.323 e. The highest BCUT2D eigenvalue weighted by atomic mass is 16.4. The summed E-state index contributed by atoms with van der Waals surface area (Å²) in [6.07, 6.45) is 2.01. The molecule has 0 aliphatic heterocycles. The molecule has 21 heavy (non-hydrogen) atoms. The van der Waals surface area contributed by atoms with Crippen LogP contribution in [0, 0.1) is 5.92 Å². The zero-order valence-electron chi connectivity index (χ0n) is 11.6. The molecule has 1 aromatic rings. The zero-order valence-corrected chi connectivity index (χ0v) is 11.6. The van der Waals surface area contributed by atoms with Gasteiger partial charge in [0.1, 0.15) is 6.54 Å². The van der Waals surface area contributed by atoms with Gasteiger partial charge >= 0.3 is 5.97 Å². The lowest BCUT2D eigenvalue weighted by Gasteiger charge is -2.28. The molecular weight excluding hydrogens is 272 g/mol. The van der Waals surface area contributed by atoms with Crippen LogP contribution in [-0.2, 0) is 27.2 Å². The summed E-state index contributed by atoms with van der Waals surface area (Å²) in [4.78, 5) is 35.3. The molecule has 1 aromatic carbocycles. The minimum absolute atomic E-state index is 0.293. The lowest BCUT2D eigenvalue weighted by Crippen LogP contribution is -2.45. The predicted molar refractivity (Wildman–Crippen MR) is 75.4 cm³/mol. The Morgan fingerprint density at radius 2 is 1.86 bits per heavy atom. The van der Waals surface area contributed by atoms with Gasteiger partial charge in [-0.25, -0.2) is 0 Å². The molecular formula is C15H18N2O4. The largest absolute Gasteiger partial charge is 0.480 e. The third-order valence-electron chi connectivity index (χ3n) is 3.68. The van der Waals surface area contributed by atoms with Crippen LogP contribution in [0.15, 0.2) is 24.3 Å². The Hall–Kier alpha value is -2.37. The van der Waals surface area contributed by atoms with Crippen LogP contribution in [-0.4, -0.2) is 40.9 Å². The minimum atomic E-state index is -1.15. The highest BCUT2D eigenvalue weighted by molar-refractivity contribution is 5.88. The summed E-state index contributed by atoms with van der Waals surface area (Å²) < 4.78 is 0. The Balaban J connectivity index is 2.11. The summed E-state index contributed by atoms with van der Waals surface area (Å²) in [6, 6.07) is 7.90. The fourth-order valence-electron chi connectivity index (χ4n) is 2.73. The van der Waals surface area contributed by atoms with E-state index in [0.29, 0.717) is 12.8 Å². The number of primary amides is 1. The standard InChI is InChI=1S/C15H18N2O4/c16-13(18)8-17(9-14(19)20)15(21)12-6-5-10-3-1-2-4-11(10)7-12/h1-4,12H,5-9H2,(H2,16,18)(H,19,20). The fraction of sp³-hybridized carbons (Fsp3) is 0.400. The molecule has 0 fully saturated rings. The molecule has 2 rings (SSSR count). The molecule has 6 heteroatoms. The number of hydrogen-bond acceptors (Lipinski definition) is 3. The first-order valence-corrected chi connectivity index (χ1v) is 6.83. The molecule has 0 radical (unpaired) electrons. The van der Waals surface area contributed by atoms with Crippen molar-refractivity contribution in [2.45, 2.75) is 19.3 Å². The van der Waals surface area contributed by atoms with E-state index in [1.807, 2.05) is 24.3 Å². The highest BCUT2D eigenvalue weighted by Crippen LogP contribution is 2.26. The number of carboxylic acid groups (broad SMARTS) is 1. The van der Waals surface area contributed by atoms with E-state index in [1.54, 1.807) is 0 Å². The number of rotatable bonds is 5. The summed E-state index contributed by atoms with van der Waals surface area (Å²) in [6.45, 7) is -0.858. The SMILES string of the molecule is NC(=O)CN(CC(=O)O)C(=O)C1CCc2ccccc2C1. The van der Waals surface area contributed by atoms with Gasteiger partial charge < -0.3 is 15.7 Å². The fourth-order valence-corrected chi connectivity index (χ4v) is 2.73. The van der Waals surface area contributed by atoms with E-state index in [9.17, 15) is 14.4 Å². The zero-order chi connectivity index (χ0) is 15.4. The van der Waals surface area contributed by atoms with Crippen LogP contribution >= 0.6 is 0 Å². The summed E-state index contributed by atoms with van der Waals surface area (Å²) in [5.41, 5.74) is 7.42. The molecule has 1 atom stereocenters. The first kappa shape index (κ1) is 15.0. The average Bonchev–Trinajstić information content (AvgIpc) is 2.44. The quantitative estimate of drug-likeness (QED) is 0.808. The van der Waals surface area contributed by atoms with Crippen molar-refractivity contribution in [1.82, 2.24) is 4.90 Å². The van der Waals surface area contributed by atoms with E-state index in [-0.39, 0.29) is 18.4 Å². The molecule has 1 aliphatic carbocycles. The molecule has 1 unspecified atom stereocenters. The second-order valence-electron chi connectivity index (χ2n) is 5.26. The minimum Gasteiger partial charge on any atom is -0.480 e. The van der Waals surface area contributed by atoms with E-state index in [4.69, 9.17) is 10.8 Å². The Morgan fingerprint density at radius 1 is 1.19 bits per heavy atom. The maximum absolute atomic E-state index is 12.4. The van der Waals surface area contributed by atoms with Gasteiger partial charge in [-0.1, -0.05) is 24.3 Å². The molecule has 0 saturated carbocycles. The van der Waals surface area contributed by atoms with Crippen LogP contribution in [0.5, 0.6) is 0 Å². The highest BCUT2D eigenvalue weighted by Gasteiger charge is 2.29. The van der Waals surface area contributed by atoms with Gasteiger partial charge in [-0.3, -0.25) is 14.4 Å². The molecule has 0 spiro atoms. The summed E-state index contributed by atoms with van der Waals surface area (Å²) >= 11 is 0. The topological polar surface area (TPSA) is 101 Å². The Morgan fingerprint density at radius 3 is 2.48 bits per heavy atom. The van der Waals surface area contributed by atoms with Crippen LogP contribution in [0.2, 0.25) is 0 Å². The third kappa shape index (κ3) is 3.81. The van der Waals surface area contributed by atoms with Crippen molar-refractivity contribution < 1.29 is 19.5 Å². The van der Waals surface area contributed by atoms with Crippen LogP contribution < -0.4 is 5.73 Å². The van der Waals surface area contributed by atoms with Crippen molar-refractivity contribution in [3.05, 3.63) is 35.4 Å². The number of carboxylic acids is 1. The number of hydrogen-bond donors (Lipinski definition) is 2. The predicted octanol–water partition coefficient (Wildman–Crippen LogP) is 0.190. The van der Waals surface area contributed by atoms with Crippen molar-refractivity contribution in [2.75, 3.05) is 13.1 Å². The number of amides is 2. The molecule has 0 aromatic heterocycles. The van der Waals surface area contributed by atoms with Crippen LogP contribution in [0.1, 0.15) is 17.5 Å². The van der Waals surface area contributed by atoms with Gasteiger partial charge in [-0.15, -0.1) is 0 Å². The summed E-state index contributed by atoms with van der Waals surface area (Å²) in [5, 5.41) is 8.86. The van der Waals surface area contributed by atoms with E-state index < -0.39 is 18.4 Å². The molecule has 0 bridgehead atoms. The van der Waals surface area contributed by atoms with Crippen molar-refractivity contribution in [2.24, 2.45) is 11.7 Å². The van der Waals surface area contributed by atoms with Gasteiger partial charge in [0.2, 0.25) is 11.8 Å². The van der Waals surface area contributed by atoms with Crippen molar-refractivity contribution >= 4 is 17.8 Å². The number of nitrogens with zero attached hydrogens (tertiary/aromatic N) is 1. The lowest BCUT2D eigenvalue weighted by atomic mass is 9.83. The molecule has 6 nitrogen and oxygen atoms in total. The van der Waals surface area contributed by atoms with Crippen LogP contribution in [0.4, 0.5) is 0 Å². The molecule has 0 saturated heterocycles. The lowest BCUT2D eigenvalue weighted by molar-refractivity contribution is -0.147.